The normalized spacial score (nSPS) is 12.1. The standard InChI is InChI=1S/C10H20ClNO4S/c1-9(2)8-12(6-4-10(13)16-3)17(14,15)7-5-11/h9H,4-8H2,1-3H3. The van der Waals surface area contributed by atoms with Crippen LogP contribution in [0.3, 0.4) is 0 Å². The van der Waals surface area contributed by atoms with Crippen LogP contribution in [-0.2, 0) is 19.6 Å². The van der Waals surface area contributed by atoms with Gasteiger partial charge in [-0.1, -0.05) is 13.8 Å². The summed E-state index contributed by atoms with van der Waals surface area (Å²) in [7, 11) is -2.10. The lowest BCUT2D eigenvalue weighted by molar-refractivity contribution is -0.140. The summed E-state index contributed by atoms with van der Waals surface area (Å²) in [5.74, 6) is -0.282. The van der Waals surface area contributed by atoms with E-state index in [1.165, 1.54) is 11.4 Å². The average molecular weight is 286 g/mol. The highest BCUT2D eigenvalue weighted by Crippen LogP contribution is 2.08. The van der Waals surface area contributed by atoms with Gasteiger partial charge in [-0.05, 0) is 5.92 Å². The molecule has 0 aromatic heterocycles. The predicted octanol–water partition coefficient (Wildman–Crippen LogP) is 1.08. The first-order chi connectivity index (χ1) is 7.83. The number of alkyl halides is 1. The first-order valence-electron chi connectivity index (χ1n) is 5.44. The van der Waals surface area contributed by atoms with E-state index in [1.807, 2.05) is 13.8 Å². The van der Waals surface area contributed by atoms with Crippen molar-refractivity contribution < 1.29 is 17.9 Å². The Labute approximate surface area is 108 Å². The molecule has 0 fully saturated rings. The summed E-state index contributed by atoms with van der Waals surface area (Å²) in [6.45, 7) is 4.36. The van der Waals surface area contributed by atoms with Crippen LogP contribution in [-0.4, -0.2) is 50.5 Å². The molecule has 0 aliphatic rings. The molecule has 0 aliphatic carbocycles. The molecular weight excluding hydrogens is 266 g/mol. The van der Waals surface area contributed by atoms with Gasteiger partial charge in [0.2, 0.25) is 10.0 Å². The molecule has 0 amide bonds. The van der Waals surface area contributed by atoms with E-state index < -0.39 is 16.0 Å². The third kappa shape index (κ3) is 6.85. The molecule has 5 nitrogen and oxygen atoms in total. The summed E-state index contributed by atoms with van der Waals surface area (Å²) in [4.78, 5) is 11.0. The summed E-state index contributed by atoms with van der Waals surface area (Å²) in [5.41, 5.74) is 0. The number of carbonyl (C=O) groups is 1. The first-order valence-corrected chi connectivity index (χ1v) is 7.58. The first kappa shape index (κ1) is 16.7. The van der Waals surface area contributed by atoms with Gasteiger partial charge in [-0.25, -0.2) is 12.7 Å². The Morgan fingerprint density at radius 3 is 2.41 bits per heavy atom. The van der Waals surface area contributed by atoms with Gasteiger partial charge in [0.15, 0.2) is 0 Å². The van der Waals surface area contributed by atoms with E-state index in [0.29, 0.717) is 6.54 Å². The molecule has 102 valence electrons. The van der Waals surface area contributed by atoms with Crippen molar-refractivity contribution in [2.45, 2.75) is 20.3 Å². The number of hydrogen-bond acceptors (Lipinski definition) is 4. The van der Waals surface area contributed by atoms with Gasteiger partial charge in [0.05, 0.1) is 19.3 Å². The molecule has 0 unspecified atom stereocenters. The van der Waals surface area contributed by atoms with E-state index in [2.05, 4.69) is 4.74 Å². The van der Waals surface area contributed by atoms with Crippen LogP contribution in [0.1, 0.15) is 20.3 Å². The number of halogens is 1. The number of rotatable bonds is 8. The Morgan fingerprint density at radius 1 is 1.41 bits per heavy atom. The topological polar surface area (TPSA) is 63.7 Å². The molecule has 0 heterocycles. The number of esters is 1. The van der Waals surface area contributed by atoms with Gasteiger partial charge >= 0.3 is 5.97 Å². The third-order valence-corrected chi connectivity index (χ3v) is 4.34. The van der Waals surface area contributed by atoms with Crippen LogP contribution < -0.4 is 0 Å². The number of ether oxygens (including phenoxy) is 1. The number of methoxy groups -OCH3 is 1. The predicted molar refractivity (Wildman–Crippen MR) is 67.6 cm³/mol. The number of carbonyl (C=O) groups excluding carboxylic acids is 1. The molecule has 0 aromatic rings. The van der Waals surface area contributed by atoms with Crippen LogP contribution in [0, 0.1) is 5.92 Å². The van der Waals surface area contributed by atoms with Gasteiger partial charge in [-0.3, -0.25) is 4.79 Å². The Hall–Kier alpha value is -0.330. The molecule has 7 heteroatoms. The highest BCUT2D eigenvalue weighted by Gasteiger charge is 2.22. The highest BCUT2D eigenvalue weighted by molar-refractivity contribution is 7.89. The summed E-state index contributed by atoms with van der Waals surface area (Å²) < 4.78 is 29.5. The average Bonchev–Trinajstić information content (AvgIpc) is 2.22. The summed E-state index contributed by atoms with van der Waals surface area (Å²) >= 11 is 5.46. The molecule has 0 N–H and O–H groups in total. The van der Waals surface area contributed by atoms with Gasteiger partial charge in [-0.2, -0.15) is 0 Å². The monoisotopic (exact) mass is 285 g/mol. The molecule has 0 radical (unpaired) electrons. The summed E-state index contributed by atoms with van der Waals surface area (Å²) in [6, 6.07) is 0. The molecule has 0 saturated carbocycles. The van der Waals surface area contributed by atoms with Gasteiger partial charge < -0.3 is 4.74 Å². The molecule has 0 aromatic carbocycles. The minimum absolute atomic E-state index is 0.0507. The molecule has 0 saturated heterocycles. The minimum atomic E-state index is -3.38. The van der Waals surface area contributed by atoms with Crippen LogP contribution in [0.25, 0.3) is 0 Å². The lowest BCUT2D eigenvalue weighted by Gasteiger charge is -2.23. The molecule has 0 aliphatic heterocycles. The van der Waals surface area contributed by atoms with Crippen molar-refractivity contribution in [2.24, 2.45) is 5.92 Å². The Balaban J connectivity index is 4.59. The van der Waals surface area contributed by atoms with Crippen molar-refractivity contribution >= 4 is 27.6 Å². The lowest BCUT2D eigenvalue weighted by atomic mass is 10.2. The Kier molecular flexibility index (Phi) is 7.74. The largest absolute Gasteiger partial charge is 0.469 e. The van der Waals surface area contributed by atoms with Crippen molar-refractivity contribution in [1.29, 1.82) is 0 Å². The van der Waals surface area contributed by atoms with Crippen LogP contribution in [0.2, 0.25) is 0 Å². The zero-order chi connectivity index (χ0) is 13.5. The fourth-order valence-corrected chi connectivity index (χ4v) is 3.23. The van der Waals surface area contributed by atoms with Crippen molar-refractivity contribution in [3.63, 3.8) is 0 Å². The molecule has 0 bridgehead atoms. The van der Waals surface area contributed by atoms with Crippen LogP contribution in [0.15, 0.2) is 0 Å². The van der Waals surface area contributed by atoms with Crippen LogP contribution >= 0.6 is 11.6 Å². The van der Waals surface area contributed by atoms with Crippen molar-refractivity contribution in [2.75, 3.05) is 31.8 Å². The fourth-order valence-electron chi connectivity index (χ4n) is 1.30. The second kappa shape index (κ2) is 7.89. The van der Waals surface area contributed by atoms with Gasteiger partial charge in [0.1, 0.15) is 0 Å². The van der Waals surface area contributed by atoms with E-state index in [1.54, 1.807) is 0 Å². The van der Waals surface area contributed by atoms with E-state index in [9.17, 15) is 13.2 Å². The number of hydrogen-bond donors (Lipinski definition) is 0. The highest BCUT2D eigenvalue weighted by atomic mass is 35.5. The van der Waals surface area contributed by atoms with Crippen molar-refractivity contribution in [3.05, 3.63) is 0 Å². The quantitative estimate of drug-likeness (QED) is 0.494. The molecule has 0 spiro atoms. The van der Waals surface area contributed by atoms with Crippen molar-refractivity contribution in [1.82, 2.24) is 4.31 Å². The van der Waals surface area contributed by atoms with E-state index in [0.717, 1.165) is 0 Å². The second-order valence-corrected chi connectivity index (χ2v) is 6.55. The molecule has 0 atom stereocenters. The SMILES string of the molecule is COC(=O)CCN(CC(C)C)S(=O)(=O)CCCl. The molecule has 17 heavy (non-hydrogen) atoms. The van der Waals surface area contributed by atoms with E-state index in [-0.39, 0.29) is 30.5 Å². The van der Waals surface area contributed by atoms with Crippen LogP contribution in [0.4, 0.5) is 0 Å². The Morgan fingerprint density at radius 2 is 2.00 bits per heavy atom. The van der Waals surface area contributed by atoms with E-state index in [4.69, 9.17) is 11.6 Å². The molecular formula is C10H20ClNO4S. The maximum atomic E-state index is 11.9. The lowest BCUT2D eigenvalue weighted by Crippen LogP contribution is -2.38. The maximum Gasteiger partial charge on any atom is 0.306 e. The zero-order valence-corrected chi connectivity index (χ0v) is 12.1. The maximum absolute atomic E-state index is 11.9. The number of nitrogens with zero attached hydrogens (tertiary/aromatic N) is 1. The van der Waals surface area contributed by atoms with E-state index >= 15 is 0 Å². The Bertz CT molecular complexity index is 329. The fraction of sp³-hybridized carbons (Fsp3) is 0.900. The van der Waals surface area contributed by atoms with Crippen LogP contribution in [0.5, 0.6) is 0 Å². The minimum Gasteiger partial charge on any atom is -0.469 e. The zero-order valence-electron chi connectivity index (χ0n) is 10.5. The van der Waals surface area contributed by atoms with Gasteiger partial charge in [0, 0.05) is 19.0 Å². The summed E-state index contributed by atoms with van der Waals surface area (Å²) in [6.07, 6.45) is 0.0603. The third-order valence-electron chi connectivity index (χ3n) is 2.09. The summed E-state index contributed by atoms with van der Waals surface area (Å²) in [5, 5.41) is 0. The number of sulfonamides is 1. The van der Waals surface area contributed by atoms with Gasteiger partial charge in [0.25, 0.3) is 0 Å². The second-order valence-electron chi connectivity index (χ2n) is 4.08. The molecule has 0 rings (SSSR count). The smallest absolute Gasteiger partial charge is 0.306 e. The van der Waals surface area contributed by atoms with Gasteiger partial charge in [-0.15, -0.1) is 11.6 Å². The van der Waals surface area contributed by atoms with Crippen molar-refractivity contribution in [3.8, 4) is 0 Å².